The Labute approximate surface area is 311 Å². The predicted molar refractivity (Wildman–Crippen MR) is 184 cm³/mol. The molecule has 288 valence electrons. The molecule has 0 spiro atoms. The number of aliphatic hydroxyl groups is 2. The van der Waals surface area contributed by atoms with Gasteiger partial charge in [-0.3, -0.25) is 4.79 Å². The first-order valence-corrected chi connectivity index (χ1v) is 17.4. The third-order valence-corrected chi connectivity index (χ3v) is 9.43. The zero-order valence-corrected chi connectivity index (χ0v) is 29.4. The van der Waals surface area contributed by atoms with Gasteiger partial charge in [-0.25, -0.2) is 18.9 Å². The van der Waals surface area contributed by atoms with Gasteiger partial charge >= 0.3 is 12.1 Å². The van der Waals surface area contributed by atoms with E-state index >= 15 is 0 Å². The number of nitrogens with one attached hydrogen (secondary N) is 1. The van der Waals surface area contributed by atoms with Crippen LogP contribution in [0.5, 0.6) is 11.5 Å². The summed E-state index contributed by atoms with van der Waals surface area (Å²) in [5.41, 5.74) is 0.839. The molecule has 1 amide bonds. The van der Waals surface area contributed by atoms with E-state index in [2.05, 4.69) is 29.9 Å². The van der Waals surface area contributed by atoms with Crippen LogP contribution in [-0.2, 0) is 44.5 Å². The molecule has 0 aliphatic rings. The van der Waals surface area contributed by atoms with E-state index in [1.165, 1.54) is 34.3 Å². The Morgan fingerprint density at radius 2 is 1.65 bits per heavy atom. The summed E-state index contributed by atoms with van der Waals surface area (Å²) in [4.78, 5) is 34.5. The molecule has 4 atom stereocenters. The molecule has 5 rings (SSSR count). The van der Waals surface area contributed by atoms with E-state index in [-0.39, 0.29) is 37.4 Å². The molecular weight excluding hydrogens is 765 g/mol. The van der Waals surface area contributed by atoms with Gasteiger partial charge in [-0.15, -0.1) is 25.8 Å². The highest BCUT2D eigenvalue weighted by Crippen LogP contribution is 2.32. The average molecular weight is 797 g/mol. The van der Waals surface area contributed by atoms with E-state index in [9.17, 15) is 42.5 Å². The molecule has 3 aromatic carbocycles. The number of nitrogens with zero attached hydrogens (tertiary/aromatic N) is 4. The number of carboxylic acids is 1. The summed E-state index contributed by atoms with van der Waals surface area (Å²) in [6, 6.07) is 12.7. The van der Waals surface area contributed by atoms with Crippen molar-refractivity contribution in [1.29, 1.82) is 0 Å². The van der Waals surface area contributed by atoms with Crippen molar-refractivity contribution < 1.29 is 61.3 Å². The van der Waals surface area contributed by atoms with Crippen molar-refractivity contribution in [2.24, 2.45) is 5.90 Å². The standard InChI is InChI=1S/C33H32F4N6O9S2/c34-14-27(44)28(45)17-50-22-7-3-19(4-8-22)12-26(30(46)39-25(31(47)48)11-18-1-5-20(6-2-18)33(35,36)37)43-15-21(41-42-43)16-49-23-9-10-29-24(13-23)40-32(53-29)54-52-51-38/h1-10,13,15,25-28,44-45H,11-12,14,16-17,38H2,(H,39,46)(H,47,48)/t25?,26?,27-,28-/m0/s1. The van der Waals surface area contributed by atoms with Crippen molar-refractivity contribution in [3.8, 4) is 11.5 Å². The third kappa shape index (κ3) is 11.1. The van der Waals surface area contributed by atoms with Crippen LogP contribution in [-0.4, -0.2) is 78.7 Å². The Hall–Kier alpha value is -4.90. The second-order valence-electron chi connectivity index (χ2n) is 11.6. The van der Waals surface area contributed by atoms with Crippen LogP contribution >= 0.6 is 23.4 Å². The lowest BCUT2D eigenvalue weighted by atomic mass is 10.0. The van der Waals surface area contributed by atoms with Crippen LogP contribution in [0.4, 0.5) is 17.6 Å². The molecule has 2 aromatic heterocycles. The summed E-state index contributed by atoms with van der Waals surface area (Å²) < 4.78 is 70.3. The fourth-order valence-electron chi connectivity index (χ4n) is 4.93. The minimum Gasteiger partial charge on any atom is -0.491 e. The fraction of sp³-hybridized carbons (Fsp3) is 0.303. The summed E-state index contributed by atoms with van der Waals surface area (Å²) in [6.07, 6.45) is -6.54. The quantitative estimate of drug-likeness (QED) is 0.0346. The highest BCUT2D eigenvalue weighted by molar-refractivity contribution is 7.96. The number of carboxylic acid groups (broad SMARTS) is 1. The Morgan fingerprint density at radius 1 is 0.963 bits per heavy atom. The molecule has 21 heteroatoms. The monoisotopic (exact) mass is 796 g/mol. The molecule has 0 saturated carbocycles. The maximum atomic E-state index is 13.8. The summed E-state index contributed by atoms with van der Waals surface area (Å²) in [5, 5.41) is 39.8. The van der Waals surface area contributed by atoms with Crippen molar-refractivity contribution in [3.63, 3.8) is 0 Å². The molecule has 0 saturated heterocycles. The number of alkyl halides is 4. The van der Waals surface area contributed by atoms with E-state index in [1.54, 1.807) is 30.3 Å². The van der Waals surface area contributed by atoms with E-state index in [0.717, 1.165) is 41.0 Å². The molecule has 15 nitrogen and oxygen atoms in total. The predicted octanol–water partition coefficient (Wildman–Crippen LogP) is 3.98. The molecule has 2 heterocycles. The maximum absolute atomic E-state index is 13.8. The van der Waals surface area contributed by atoms with Crippen molar-refractivity contribution in [1.82, 2.24) is 25.3 Å². The molecule has 5 aromatic rings. The largest absolute Gasteiger partial charge is 0.491 e. The Kier molecular flexibility index (Phi) is 13.7. The maximum Gasteiger partial charge on any atom is 0.416 e. The minimum atomic E-state index is -4.58. The number of ether oxygens (including phenoxy) is 2. The third-order valence-electron chi connectivity index (χ3n) is 7.76. The van der Waals surface area contributed by atoms with E-state index < -0.39 is 54.6 Å². The van der Waals surface area contributed by atoms with Crippen molar-refractivity contribution in [2.75, 3.05) is 13.3 Å². The molecule has 0 aliphatic heterocycles. The normalized spacial score (nSPS) is 14.0. The van der Waals surface area contributed by atoms with Gasteiger partial charge in [0.05, 0.1) is 22.0 Å². The number of aromatic nitrogens is 4. The second kappa shape index (κ2) is 18.4. The Balaban J connectivity index is 1.32. The number of benzene rings is 3. The van der Waals surface area contributed by atoms with E-state index in [1.807, 2.05) is 0 Å². The lowest BCUT2D eigenvalue weighted by Gasteiger charge is -2.21. The average Bonchev–Trinajstić information content (AvgIpc) is 3.80. The SMILES string of the molecule is NOOSc1nc2cc(OCc3cn(C(Cc4ccc(OC[C@H](O)[C@@H](O)CF)cc4)C(=O)NC(Cc4ccc(C(F)(F)F)cc4)C(=O)O)nn3)ccc2s1. The number of carbonyl (C=O) groups excluding carboxylic acids is 1. The molecule has 54 heavy (non-hydrogen) atoms. The van der Waals surface area contributed by atoms with Crippen LogP contribution in [0.25, 0.3) is 10.2 Å². The molecular formula is C33H32F4N6O9S2. The zero-order valence-electron chi connectivity index (χ0n) is 27.8. The molecule has 0 radical (unpaired) electrons. The summed E-state index contributed by atoms with van der Waals surface area (Å²) in [7, 11) is 0. The van der Waals surface area contributed by atoms with Crippen LogP contribution in [0.3, 0.4) is 0 Å². The van der Waals surface area contributed by atoms with Crippen LogP contribution in [0.15, 0.2) is 77.3 Å². The number of hydrogen-bond acceptors (Lipinski definition) is 14. The van der Waals surface area contributed by atoms with E-state index in [0.29, 0.717) is 26.9 Å². The first-order valence-electron chi connectivity index (χ1n) is 15.8. The summed E-state index contributed by atoms with van der Waals surface area (Å²) in [5.74, 6) is 3.41. The molecule has 0 aliphatic carbocycles. The number of carbonyl (C=O) groups is 2. The Bertz CT molecular complexity index is 2000. The smallest absolute Gasteiger partial charge is 0.416 e. The zero-order chi connectivity index (χ0) is 38.8. The lowest BCUT2D eigenvalue weighted by molar-refractivity contribution is -0.195. The van der Waals surface area contributed by atoms with Crippen LogP contribution in [0, 0.1) is 0 Å². The number of aliphatic carboxylic acids is 1. The minimum absolute atomic E-state index is 0.0364. The van der Waals surface area contributed by atoms with Gasteiger partial charge < -0.3 is 30.1 Å². The lowest BCUT2D eigenvalue weighted by Crippen LogP contribution is -2.46. The van der Waals surface area contributed by atoms with Gasteiger partial charge in [0, 0.05) is 18.9 Å². The van der Waals surface area contributed by atoms with Gasteiger partial charge in [-0.05, 0) is 47.5 Å². The Morgan fingerprint density at radius 3 is 2.31 bits per heavy atom. The van der Waals surface area contributed by atoms with Gasteiger partial charge in [0.1, 0.15) is 73.4 Å². The first-order chi connectivity index (χ1) is 25.8. The van der Waals surface area contributed by atoms with Crippen molar-refractivity contribution >= 4 is 45.5 Å². The van der Waals surface area contributed by atoms with Gasteiger partial charge in [-0.1, -0.05) is 29.5 Å². The van der Waals surface area contributed by atoms with Gasteiger partial charge in [-0.2, -0.15) is 19.1 Å². The van der Waals surface area contributed by atoms with Gasteiger partial charge in [0.15, 0.2) is 4.34 Å². The van der Waals surface area contributed by atoms with E-state index in [4.69, 9.17) is 15.4 Å². The number of hydrogen-bond donors (Lipinski definition) is 5. The number of halogens is 4. The molecule has 6 N–H and O–H groups in total. The van der Waals surface area contributed by atoms with Gasteiger partial charge in [0.25, 0.3) is 0 Å². The number of thiazole rings is 1. The topological polar surface area (TPSA) is 213 Å². The molecule has 0 fully saturated rings. The highest BCUT2D eigenvalue weighted by atomic mass is 32.2. The van der Waals surface area contributed by atoms with Crippen molar-refractivity contribution in [3.05, 3.63) is 95.3 Å². The van der Waals surface area contributed by atoms with Crippen LogP contribution < -0.4 is 20.7 Å². The summed E-state index contributed by atoms with van der Waals surface area (Å²) in [6.45, 7) is -1.61. The summed E-state index contributed by atoms with van der Waals surface area (Å²) >= 11 is 2.18. The molecule has 2 unspecified atom stereocenters. The fourth-order valence-corrected chi connectivity index (χ4v) is 6.33. The highest BCUT2D eigenvalue weighted by Gasteiger charge is 2.31. The first kappa shape index (κ1) is 40.3. The number of aliphatic hydroxyl groups excluding tert-OH is 2. The van der Waals surface area contributed by atoms with Crippen molar-refractivity contribution in [2.45, 2.75) is 54.3 Å². The number of nitrogens with two attached hydrogens (primary N) is 1. The second-order valence-corrected chi connectivity index (χ2v) is 13.6. The number of rotatable bonds is 19. The van der Waals surface area contributed by atoms with Crippen LogP contribution in [0.1, 0.15) is 28.4 Å². The molecule has 0 bridgehead atoms. The number of amides is 1. The number of fused-ring (bicyclic) bond motifs is 1. The van der Waals surface area contributed by atoms with Gasteiger partial charge in [0.2, 0.25) is 5.91 Å². The van der Waals surface area contributed by atoms with Crippen LogP contribution in [0.2, 0.25) is 0 Å².